The topological polar surface area (TPSA) is 46.9 Å². The van der Waals surface area contributed by atoms with Gasteiger partial charge in [0.2, 0.25) is 0 Å². The van der Waals surface area contributed by atoms with E-state index in [1.807, 2.05) is 11.7 Å². The summed E-state index contributed by atoms with van der Waals surface area (Å²) >= 11 is 0. The van der Waals surface area contributed by atoms with Gasteiger partial charge in [-0.1, -0.05) is 20.3 Å². The number of carbonyl (C=O) groups excluding carboxylic acids is 1. The fraction of sp³-hybridized carbons (Fsp3) is 0.733. The van der Waals surface area contributed by atoms with Crippen molar-refractivity contribution in [2.75, 3.05) is 6.54 Å². The maximum atomic E-state index is 12.7. The number of nitrogens with one attached hydrogen (secondary N) is 1. The molecule has 1 aliphatic heterocycles. The van der Waals surface area contributed by atoms with Crippen molar-refractivity contribution in [2.45, 2.75) is 57.9 Å². The predicted octanol–water partition coefficient (Wildman–Crippen LogP) is 2.02. The van der Waals surface area contributed by atoms with Crippen molar-refractivity contribution in [1.82, 2.24) is 15.1 Å². The van der Waals surface area contributed by atoms with E-state index in [2.05, 4.69) is 30.3 Å². The highest BCUT2D eigenvalue weighted by atomic mass is 16.1. The molecule has 0 aliphatic carbocycles. The first-order valence-corrected chi connectivity index (χ1v) is 7.41. The molecule has 0 amide bonds. The highest BCUT2D eigenvalue weighted by Crippen LogP contribution is 2.27. The summed E-state index contributed by atoms with van der Waals surface area (Å²) in [7, 11) is 1.93. The number of carbonyl (C=O) groups is 1. The molecule has 4 nitrogen and oxygen atoms in total. The molecule has 1 N–H and O–H groups in total. The van der Waals surface area contributed by atoms with Crippen molar-refractivity contribution in [2.24, 2.45) is 7.05 Å². The Bertz CT molecular complexity index is 444. The molecule has 0 bridgehead atoms. The van der Waals surface area contributed by atoms with Gasteiger partial charge in [0.05, 0.1) is 17.7 Å². The minimum absolute atomic E-state index is 0.272. The molecule has 2 rings (SSSR count). The number of ketones is 1. The third-order valence-electron chi connectivity index (χ3n) is 4.19. The number of hydrogen-bond donors (Lipinski definition) is 1. The summed E-state index contributed by atoms with van der Waals surface area (Å²) in [4.78, 5) is 12.7. The molecular formula is C15H25N3O. The average Bonchev–Trinajstić information content (AvgIpc) is 2.99. The fourth-order valence-electron chi connectivity index (χ4n) is 3.07. The first-order chi connectivity index (χ1) is 9.11. The summed E-state index contributed by atoms with van der Waals surface area (Å²) in [6.07, 6.45) is 5.50. The molecular weight excluding hydrogens is 238 g/mol. The molecule has 1 aromatic rings. The van der Waals surface area contributed by atoms with Gasteiger partial charge in [-0.15, -0.1) is 0 Å². The fourth-order valence-corrected chi connectivity index (χ4v) is 3.07. The van der Waals surface area contributed by atoms with Crippen molar-refractivity contribution in [3.05, 3.63) is 17.5 Å². The molecule has 4 heteroatoms. The molecule has 1 unspecified atom stereocenters. The van der Waals surface area contributed by atoms with Crippen LogP contribution in [0.4, 0.5) is 0 Å². The SMILES string of the molecule is CCCC1(C(=O)Cc2cc(CC)nn2C)CCCN1. The van der Waals surface area contributed by atoms with Crippen molar-refractivity contribution in [1.29, 1.82) is 0 Å². The summed E-state index contributed by atoms with van der Waals surface area (Å²) < 4.78 is 1.85. The lowest BCUT2D eigenvalue weighted by atomic mass is 9.85. The van der Waals surface area contributed by atoms with Crippen LogP contribution in [-0.2, 0) is 24.7 Å². The molecule has 1 fully saturated rings. The lowest BCUT2D eigenvalue weighted by Gasteiger charge is -2.27. The van der Waals surface area contributed by atoms with E-state index in [-0.39, 0.29) is 5.54 Å². The van der Waals surface area contributed by atoms with Gasteiger partial charge in [0.15, 0.2) is 5.78 Å². The first kappa shape index (κ1) is 14.3. The normalized spacial score (nSPS) is 22.9. The van der Waals surface area contributed by atoms with Crippen LogP contribution in [0.25, 0.3) is 0 Å². The number of rotatable bonds is 6. The average molecular weight is 263 g/mol. The van der Waals surface area contributed by atoms with Crippen molar-refractivity contribution in [3.63, 3.8) is 0 Å². The Labute approximate surface area is 115 Å². The molecule has 1 aromatic heterocycles. The van der Waals surface area contributed by atoms with Gasteiger partial charge in [-0.2, -0.15) is 5.10 Å². The van der Waals surface area contributed by atoms with Crippen molar-refractivity contribution < 1.29 is 4.79 Å². The van der Waals surface area contributed by atoms with E-state index in [1.165, 1.54) is 0 Å². The zero-order valence-electron chi connectivity index (χ0n) is 12.3. The smallest absolute Gasteiger partial charge is 0.158 e. The summed E-state index contributed by atoms with van der Waals surface area (Å²) in [6.45, 7) is 5.21. The monoisotopic (exact) mass is 263 g/mol. The van der Waals surface area contributed by atoms with E-state index >= 15 is 0 Å². The molecule has 2 heterocycles. The molecule has 0 spiro atoms. The number of hydrogen-bond acceptors (Lipinski definition) is 3. The highest BCUT2D eigenvalue weighted by molar-refractivity contribution is 5.90. The second kappa shape index (κ2) is 5.87. The number of aryl methyl sites for hydroxylation is 2. The molecule has 106 valence electrons. The largest absolute Gasteiger partial charge is 0.305 e. The minimum atomic E-state index is -0.272. The minimum Gasteiger partial charge on any atom is -0.305 e. The van der Waals surface area contributed by atoms with Crippen LogP contribution < -0.4 is 5.32 Å². The second-order valence-corrected chi connectivity index (χ2v) is 5.57. The molecule has 1 saturated heterocycles. The molecule has 0 radical (unpaired) electrons. The van der Waals surface area contributed by atoms with E-state index in [9.17, 15) is 4.79 Å². The first-order valence-electron chi connectivity index (χ1n) is 7.41. The number of aromatic nitrogens is 2. The Morgan fingerprint density at radius 2 is 2.32 bits per heavy atom. The maximum Gasteiger partial charge on any atom is 0.158 e. The van der Waals surface area contributed by atoms with Gasteiger partial charge in [0.25, 0.3) is 0 Å². The Kier molecular flexibility index (Phi) is 4.40. The maximum absolute atomic E-state index is 12.7. The second-order valence-electron chi connectivity index (χ2n) is 5.57. The van der Waals surface area contributed by atoms with Crippen LogP contribution >= 0.6 is 0 Å². The van der Waals surface area contributed by atoms with E-state index in [0.717, 1.165) is 50.0 Å². The molecule has 1 atom stereocenters. The van der Waals surface area contributed by atoms with Crippen LogP contribution in [-0.4, -0.2) is 27.6 Å². The molecule has 0 aromatic carbocycles. The van der Waals surface area contributed by atoms with E-state index < -0.39 is 0 Å². The molecule has 1 aliphatic rings. The lowest BCUT2D eigenvalue weighted by molar-refractivity contribution is -0.124. The Hall–Kier alpha value is -1.16. The van der Waals surface area contributed by atoms with Crippen LogP contribution in [0.1, 0.15) is 50.9 Å². The molecule has 19 heavy (non-hydrogen) atoms. The van der Waals surface area contributed by atoms with E-state index in [0.29, 0.717) is 12.2 Å². The van der Waals surface area contributed by atoms with Crippen molar-refractivity contribution >= 4 is 5.78 Å². The Balaban J connectivity index is 2.12. The number of Topliss-reactive ketones (excluding diaryl/α,β-unsaturated/α-hetero) is 1. The lowest BCUT2D eigenvalue weighted by Crippen LogP contribution is -2.48. The van der Waals surface area contributed by atoms with Crippen molar-refractivity contribution in [3.8, 4) is 0 Å². The summed E-state index contributed by atoms with van der Waals surface area (Å²) in [6, 6.07) is 2.06. The molecule has 0 saturated carbocycles. The van der Waals surface area contributed by atoms with Gasteiger partial charge in [-0.3, -0.25) is 9.48 Å². The predicted molar refractivity (Wildman–Crippen MR) is 76.2 cm³/mol. The van der Waals surface area contributed by atoms with Gasteiger partial charge in [-0.25, -0.2) is 0 Å². The van der Waals surface area contributed by atoms with Crippen LogP contribution in [0.2, 0.25) is 0 Å². The number of nitrogens with zero attached hydrogens (tertiary/aromatic N) is 2. The Morgan fingerprint density at radius 3 is 2.84 bits per heavy atom. The van der Waals surface area contributed by atoms with Crippen LogP contribution in [0, 0.1) is 0 Å². The van der Waals surface area contributed by atoms with E-state index in [4.69, 9.17) is 0 Å². The van der Waals surface area contributed by atoms with Gasteiger partial charge in [0.1, 0.15) is 0 Å². The van der Waals surface area contributed by atoms with Crippen LogP contribution in [0.5, 0.6) is 0 Å². The quantitative estimate of drug-likeness (QED) is 0.854. The summed E-state index contributed by atoms with van der Waals surface area (Å²) in [5.41, 5.74) is 1.83. The standard InChI is InChI=1S/C15H25N3O/c1-4-7-15(8-6-9-16-15)14(19)11-13-10-12(5-2)17-18(13)3/h10,16H,4-9,11H2,1-3H3. The van der Waals surface area contributed by atoms with Gasteiger partial charge < -0.3 is 5.32 Å². The zero-order chi connectivity index (χ0) is 13.9. The van der Waals surface area contributed by atoms with Gasteiger partial charge >= 0.3 is 0 Å². The van der Waals surface area contributed by atoms with Gasteiger partial charge in [0, 0.05) is 12.7 Å². The summed E-state index contributed by atoms with van der Waals surface area (Å²) in [5, 5.41) is 7.87. The third kappa shape index (κ3) is 2.89. The van der Waals surface area contributed by atoms with Gasteiger partial charge in [-0.05, 0) is 38.3 Å². The Morgan fingerprint density at radius 1 is 1.53 bits per heavy atom. The zero-order valence-corrected chi connectivity index (χ0v) is 12.3. The van der Waals surface area contributed by atoms with E-state index in [1.54, 1.807) is 0 Å². The highest BCUT2D eigenvalue weighted by Gasteiger charge is 2.39. The third-order valence-corrected chi connectivity index (χ3v) is 4.19. The summed E-state index contributed by atoms with van der Waals surface area (Å²) in [5.74, 6) is 0.331. The van der Waals surface area contributed by atoms with Crippen LogP contribution in [0.3, 0.4) is 0 Å². The van der Waals surface area contributed by atoms with Crippen LogP contribution in [0.15, 0.2) is 6.07 Å².